The van der Waals surface area contributed by atoms with Crippen molar-refractivity contribution in [3.63, 3.8) is 0 Å². The average molecular weight is 342 g/mol. The van der Waals surface area contributed by atoms with Crippen LogP contribution in [-0.2, 0) is 22.9 Å². The third-order valence-electron chi connectivity index (χ3n) is 4.34. The molecule has 0 saturated heterocycles. The SMILES string of the molecule is CN(CCc1c[nH]c2ccccc12)S(=O)(=O)CCc1ccccc1. The Morgan fingerprint density at radius 3 is 2.46 bits per heavy atom. The zero-order valence-corrected chi connectivity index (χ0v) is 14.6. The summed E-state index contributed by atoms with van der Waals surface area (Å²) in [4.78, 5) is 3.23. The lowest BCUT2D eigenvalue weighted by Gasteiger charge is -2.17. The van der Waals surface area contributed by atoms with Crippen molar-refractivity contribution in [2.24, 2.45) is 0 Å². The molecule has 0 amide bonds. The first kappa shape index (κ1) is 16.7. The second-order valence-electron chi connectivity index (χ2n) is 5.98. The number of likely N-dealkylation sites (N-methyl/N-ethyl adjacent to an activating group) is 1. The lowest BCUT2D eigenvalue weighted by Crippen LogP contribution is -2.31. The molecular weight excluding hydrogens is 320 g/mol. The van der Waals surface area contributed by atoms with Gasteiger partial charge in [0.05, 0.1) is 5.75 Å². The van der Waals surface area contributed by atoms with Crippen LogP contribution in [0.4, 0.5) is 0 Å². The number of benzene rings is 2. The number of aromatic amines is 1. The van der Waals surface area contributed by atoms with Gasteiger partial charge in [-0.2, -0.15) is 0 Å². The second kappa shape index (κ2) is 7.20. The molecule has 2 aromatic carbocycles. The first-order valence-corrected chi connectivity index (χ1v) is 9.70. The van der Waals surface area contributed by atoms with E-state index in [1.807, 2.05) is 54.7 Å². The van der Waals surface area contributed by atoms with Crippen LogP contribution in [0.1, 0.15) is 11.1 Å². The van der Waals surface area contributed by atoms with Gasteiger partial charge in [-0.05, 0) is 30.0 Å². The van der Waals surface area contributed by atoms with Gasteiger partial charge in [0.2, 0.25) is 10.0 Å². The van der Waals surface area contributed by atoms with Gasteiger partial charge in [0, 0.05) is 30.7 Å². The molecule has 1 aromatic heterocycles. The Morgan fingerprint density at radius 1 is 0.958 bits per heavy atom. The van der Waals surface area contributed by atoms with Crippen LogP contribution in [0.15, 0.2) is 60.8 Å². The van der Waals surface area contributed by atoms with Crippen molar-refractivity contribution in [3.8, 4) is 0 Å². The van der Waals surface area contributed by atoms with Gasteiger partial charge in [-0.3, -0.25) is 0 Å². The van der Waals surface area contributed by atoms with E-state index >= 15 is 0 Å². The van der Waals surface area contributed by atoms with Crippen molar-refractivity contribution in [3.05, 3.63) is 71.9 Å². The molecule has 3 aromatic rings. The topological polar surface area (TPSA) is 53.2 Å². The van der Waals surface area contributed by atoms with Gasteiger partial charge in [-0.1, -0.05) is 48.5 Å². The minimum absolute atomic E-state index is 0.140. The number of para-hydroxylation sites is 1. The van der Waals surface area contributed by atoms with E-state index < -0.39 is 10.0 Å². The number of nitrogens with one attached hydrogen (secondary N) is 1. The maximum Gasteiger partial charge on any atom is 0.214 e. The van der Waals surface area contributed by atoms with Gasteiger partial charge in [0.1, 0.15) is 0 Å². The molecule has 0 bridgehead atoms. The van der Waals surface area contributed by atoms with Crippen molar-refractivity contribution < 1.29 is 8.42 Å². The summed E-state index contributed by atoms with van der Waals surface area (Å²) < 4.78 is 26.4. The number of nitrogens with zero attached hydrogens (tertiary/aromatic N) is 1. The molecule has 1 heterocycles. The molecule has 0 unspecified atom stereocenters. The van der Waals surface area contributed by atoms with E-state index in [-0.39, 0.29) is 5.75 Å². The highest BCUT2D eigenvalue weighted by Crippen LogP contribution is 2.18. The Hall–Kier alpha value is -2.11. The van der Waals surface area contributed by atoms with Crippen LogP contribution in [0, 0.1) is 0 Å². The van der Waals surface area contributed by atoms with Gasteiger partial charge in [-0.25, -0.2) is 12.7 Å². The summed E-state index contributed by atoms with van der Waals surface area (Å²) in [5.74, 6) is 0.140. The molecule has 0 aliphatic heterocycles. The number of rotatable bonds is 7. The van der Waals surface area contributed by atoms with E-state index in [0.29, 0.717) is 19.4 Å². The first-order chi connectivity index (χ1) is 11.6. The predicted octanol–water partition coefficient (Wildman–Crippen LogP) is 3.21. The zero-order valence-electron chi connectivity index (χ0n) is 13.8. The van der Waals surface area contributed by atoms with E-state index in [0.717, 1.165) is 22.0 Å². The molecule has 0 spiro atoms. The fraction of sp³-hybridized carbons (Fsp3) is 0.263. The van der Waals surface area contributed by atoms with Crippen molar-refractivity contribution in [2.45, 2.75) is 12.8 Å². The molecule has 0 atom stereocenters. The van der Waals surface area contributed by atoms with Gasteiger partial charge >= 0.3 is 0 Å². The Balaban J connectivity index is 1.60. The summed E-state index contributed by atoms with van der Waals surface area (Å²) in [7, 11) is -1.58. The fourth-order valence-corrected chi connectivity index (χ4v) is 3.98. The third-order valence-corrected chi connectivity index (χ3v) is 6.19. The summed E-state index contributed by atoms with van der Waals surface area (Å²) in [5, 5.41) is 1.16. The van der Waals surface area contributed by atoms with Crippen molar-refractivity contribution >= 4 is 20.9 Å². The Labute approximate surface area is 143 Å². The maximum atomic E-state index is 12.4. The van der Waals surface area contributed by atoms with Crippen molar-refractivity contribution in [1.82, 2.24) is 9.29 Å². The van der Waals surface area contributed by atoms with Gasteiger partial charge in [0.25, 0.3) is 0 Å². The highest BCUT2D eigenvalue weighted by Gasteiger charge is 2.18. The van der Waals surface area contributed by atoms with E-state index in [2.05, 4.69) is 11.1 Å². The summed E-state index contributed by atoms with van der Waals surface area (Å²) in [6.45, 7) is 0.485. The summed E-state index contributed by atoms with van der Waals surface area (Å²) in [5.41, 5.74) is 3.28. The highest BCUT2D eigenvalue weighted by atomic mass is 32.2. The van der Waals surface area contributed by atoms with Crippen LogP contribution in [0.5, 0.6) is 0 Å². The Morgan fingerprint density at radius 2 is 1.67 bits per heavy atom. The number of aromatic nitrogens is 1. The Kier molecular flexibility index (Phi) is 5.02. The molecule has 0 fully saturated rings. The number of hydrogen-bond donors (Lipinski definition) is 1. The lowest BCUT2D eigenvalue weighted by molar-refractivity contribution is 0.472. The maximum absolute atomic E-state index is 12.4. The van der Waals surface area contributed by atoms with Gasteiger partial charge < -0.3 is 4.98 Å². The molecule has 0 saturated carbocycles. The van der Waals surface area contributed by atoms with Crippen LogP contribution < -0.4 is 0 Å². The van der Waals surface area contributed by atoms with Crippen LogP contribution in [0.3, 0.4) is 0 Å². The van der Waals surface area contributed by atoms with E-state index in [1.165, 1.54) is 4.31 Å². The number of aryl methyl sites for hydroxylation is 1. The summed E-state index contributed by atoms with van der Waals surface area (Å²) >= 11 is 0. The number of sulfonamides is 1. The van der Waals surface area contributed by atoms with E-state index in [9.17, 15) is 8.42 Å². The Bertz CT molecular complexity index is 901. The second-order valence-corrected chi connectivity index (χ2v) is 8.18. The molecule has 126 valence electrons. The molecule has 3 rings (SSSR count). The summed E-state index contributed by atoms with van der Waals surface area (Å²) in [6.07, 6.45) is 3.21. The largest absolute Gasteiger partial charge is 0.361 e. The van der Waals surface area contributed by atoms with E-state index in [1.54, 1.807) is 7.05 Å². The predicted molar refractivity (Wildman–Crippen MR) is 98.6 cm³/mol. The number of H-pyrrole nitrogens is 1. The average Bonchev–Trinajstić information content (AvgIpc) is 3.02. The van der Waals surface area contributed by atoms with E-state index in [4.69, 9.17) is 0 Å². The third kappa shape index (κ3) is 3.86. The minimum Gasteiger partial charge on any atom is -0.361 e. The van der Waals surface area contributed by atoms with Crippen LogP contribution in [0.2, 0.25) is 0 Å². The lowest BCUT2D eigenvalue weighted by atomic mass is 10.1. The molecule has 0 aliphatic rings. The fourth-order valence-electron chi connectivity index (χ4n) is 2.80. The van der Waals surface area contributed by atoms with Crippen LogP contribution >= 0.6 is 0 Å². The van der Waals surface area contributed by atoms with Crippen molar-refractivity contribution in [1.29, 1.82) is 0 Å². The first-order valence-electron chi connectivity index (χ1n) is 8.09. The molecule has 24 heavy (non-hydrogen) atoms. The minimum atomic E-state index is -3.24. The normalized spacial score (nSPS) is 12.1. The molecule has 1 N–H and O–H groups in total. The quantitative estimate of drug-likeness (QED) is 0.717. The molecule has 5 heteroatoms. The van der Waals surface area contributed by atoms with Crippen LogP contribution in [0.25, 0.3) is 10.9 Å². The number of hydrogen-bond acceptors (Lipinski definition) is 2. The van der Waals surface area contributed by atoms with Crippen LogP contribution in [-0.4, -0.2) is 37.1 Å². The number of fused-ring (bicyclic) bond motifs is 1. The molecule has 4 nitrogen and oxygen atoms in total. The van der Waals surface area contributed by atoms with Gasteiger partial charge in [-0.15, -0.1) is 0 Å². The zero-order chi connectivity index (χ0) is 17.0. The smallest absolute Gasteiger partial charge is 0.214 e. The standard InChI is InChI=1S/C19H22N2O2S/c1-21(24(22,23)14-12-16-7-3-2-4-8-16)13-11-17-15-20-19-10-6-5-9-18(17)19/h2-10,15,20H,11-14H2,1H3. The van der Waals surface area contributed by atoms with Crippen molar-refractivity contribution in [2.75, 3.05) is 19.3 Å². The summed E-state index contributed by atoms with van der Waals surface area (Å²) in [6, 6.07) is 17.8. The highest BCUT2D eigenvalue weighted by molar-refractivity contribution is 7.89. The molecule has 0 aliphatic carbocycles. The molecular formula is C19H22N2O2S. The van der Waals surface area contributed by atoms with Gasteiger partial charge in [0.15, 0.2) is 0 Å². The monoisotopic (exact) mass is 342 g/mol. The molecule has 0 radical (unpaired) electrons.